The quantitative estimate of drug-likeness (QED) is 0.290. The fourth-order valence-electron chi connectivity index (χ4n) is 4.30. The Morgan fingerprint density at radius 3 is 1.74 bits per heavy atom. The van der Waals surface area contributed by atoms with Crippen molar-refractivity contribution >= 4 is 11.8 Å². The van der Waals surface area contributed by atoms with Gasteiger partial charge in [0.1, 0.15) is 0 Å². The van der Waals surface area contributed by atoms with Crippen LogP contribution in [0.25, 0.3) is 11.8 Å². The lowest BCUT2D eigenvalue weighted by Crippen LogP contribution is -2.06. The summed E-state index contributed by atoms with van der Waals surface area (Å²) in [4.78, 5) is 0. The second-order valence-corrected chi connectivity index (χ2v) is 10.6. The van der Waals surface area contributed by atoms with Crippen molar-refractivity contribution in [1.82, 2.24) is 0 Å². The molecule has 0 saturated heterocycles. The van der Waals surface area contributed by atoms with Gasteiger partial charge in [-0.2, -0.15) is 0 Å². The molecule has 2 rings (SSSR count). The first-order valence-corrected chi connectivity index (χ1v) is 14.0. The third-order valence-corrected chi connectivity index (χ3v) is 6.82. The number of rotatable bonds is 11. The standard InChI is InChI=1S/C38H47N/c1-29(15-10-17-31(3)21-23-36-24-26-37(27-25-36)35(7)39)13-8-9-14-30(2)16-11-18-32(4)22-28-38-33(5)19-12-20-34(38)6/h8-11,13-18,21-28,33H,7,12,19-20,39H2,1-6H3/b9-8+,15-10+,16-11+,23-21+,28-22+,29-13+,30-14+,31-17+,32-18+. The average molecular weight is 518 g/mol. The lowest BCUT2D eigenvalue weighted by atomic mass is 9.84. The minimum Gasteiger partial charge on any atom is -0.399 e. The zero-order chi connectivity index (χ0) is 28.6. The second-order valence-electron chi connectivity index (χ2n) is 10.6. The highest BCUT2D eigenvalue weighted by atomic mass is 14.6. The van der Waals surface area contributed by atoms with E-state index in [-0.39, 0.29) is 0 Å². The summed E-state index contributed by atoms with van der Waals surface area (Å²) < 4.78 is 0. The maximum Gasteiger partial charge on any atom is 0.0314 e. The van der Waals surface area contributed by atoms with Gasteiger partial charge in [-0.25, -0.2) is 0 Å². The summed E-state index contributed by atoms with van der Waals surface area (Å²) in [6.07, 6.45) is 33.8. The van der Waals surface area contributed by atoms with Crippen LogP contribution < -0.4 is 5.73 Å². The predicted octanol–water partition coefficient (Wildman–Crippen LogP) is 10.8. The maximum absolute atomic E-state index is 5.73. The van der Waals surface area contributed by atoms with Crippen molar-refractivity contribution in [3.05, 3.63) is 154 Å². The molecule has 0 aliphatic heterocycles. The van der Waals surface area contributed by atoms with Crippen molar-refractivity contribution in [3.63, 3.8) is 0 Å². The highest BCUT2D eigenvalue weighted by molar-refractivity contribution is 5.63. The van der Waals surface area contributed by atoms with Gasteiger partial charge in [0.05, 0.1) is 0 Å². The minimum atomic E-state index is 0.590. The highest BCUT2D eigenvalue weighted by Crippen LogP contribution is 2.30. The molecule has 1 aromatic rings. The molecule has 0 bridgehead atoms. The summed E-state index contributed by atoms with van der Waals surface area (Å²) in [5.41, 5.74) is 16.4. The third-order valence-electron chi connectivity index (χ3n) is 6.82. The van der Waals surface area contributed by atoms with Gasteiger partial charge >= 0.3 is 0 Å². The Kier molecular flexibility index (Phi) is 13.6. The van der Waals surface area contributed by atoms with Crippen molar-refractivity contribution in [2.75, 3.05) is 0 Å². The van der Waals surface area contributed by atoms with Crippen LogP contribution in [-0.4, -0.2) is 0 Å². The summed E-state index contributed by atoms with van der Waals surface area (Å²) in [6.45, 7) is 16.9. The number of hydrogen-bond acceptors (Lipinski definition) is 1. The Labute approximate surface area is 238 Å². The lowest BCUT2D eigenvalue weighted by Gasteiger charge is -2.22. The molecule has 2 N–H and O–H groups in total. The molecule has 0 saturated carbocycles. The smallest absolute Gasteiger partial charge is 0.0314 e. The molecule has 1 aliphatic carbocycles. The summed E-state index contributed by atoms with van der Waals surface area (Å²) in [7, 11) is 0. The number of benzene rings is 1. The lowest BCUT2D eigenvalue weighted by molar-refractivity contribution is 0.546. The van der Waals surface area contributed by atoms with E-state index in [1.54, 1.807) is 5.57 Å². The first-order valence-electron chi connectivity index (χ1n) is 14.0. The van der Waals surface area contributed by atoms with Crippen LogP contribution in [0.1, 0.15) is 71.9 Å². The molecule has 0 radical (unpaired) electrons. The van der Waals surface area contributed by atoms with E-state index >= 15 is 0 Å². The van der Waals surface area contributed by atoms with Crippen LogP contribution in [-0.2, 0) is 0 Å². The van der Waals surface area contributed by atoms with Gasteiger partial charge in [-0.05, 0) is 76.5 Å². The molecule has 204 valence electrons. The molecule has 1 atom stereocenters. The van der Waals surface area contributed by atoms with E-state index in [2.05, 4.69) is 133 Å². The summed E-state index contributed by atoms with van der Waals surface area (Å²) >= 11 is 0. The molecule has 0 amide bonds. The fraction of sp³-hybridized carbons (Fsp3) is 0.263. The summed E-state index contributed by atoms with van der Waals surface area (Å²) in [5, 5.41) is 0. The maximum atomic E-state index is 5.73. The predicted molar refractivity (Wildman–Crippen MR) is 176 cm³/mol. The summed E-state index contributed by atoms with van der Waals surface area (Å²) in [6, 6.07) is 8.07. The zero-order valence-electron chi connectivity index (χ0n) is 24.9. The van der Waals surface area contributed by atoms with Crippen LogP contribution in [0.5, 0.6) is 0 Å². The molecule has 0 fully saturated rings. The van der Waals surface area contributed by atoms with Crippen molar-refractivity contribution in [2.24, 2.45) is 11.7 Å². The monoisotopic (exact) mass is 517 g/mol. The molecule has 1 nitrogen and oxygen atoms in total. The van der Waals surface area contributed by atoms with Gasteiger partial charge in [-0.15, -0.1) is 0 Å². The van der Waals surface area contributed by atoms with Crippen LogP contribution in [0.4, 0.5) is 0 Å². The first-order chi connectivity index (χ1) is 18.7. The van der Waals surface area contributed by atoms with Gasteiger partial charge in [-0.1, -0.05) is 151 Å². The average Bonchev–Trinajstić information content (AvgIpc) is 2.90. The van der Waals surface area contributed by atoms with E-state index < -0.39 is 0 Å². The van der Waals surface area contributed by atoms with E-state index in [4.69, 9.17) is 5.73 Å². The van der Waals surface area contributed by atoms with E-state index in [0.717, 1.165) is 11.1 Å². The van der Waals surface area contributed by atoms with Crippen LogP contribution >= 0.6 is 0 Å². The molecule has 0 spiro atoms. The van der Waals surface area contributed by atoms with Crippen LogP contribution in [0, 0.1) is 5.92 Å². The van der Waals surface area contributed by atoms with E-state index in [9.17, 15) is 0 Å². The molecule has 0 heterocycles. The molecule has 1 aliphatic rings. The normalized spacial score (nSPS) is 18.7. The van der Waals surface area contributed by atoms with E-state index in [0.29, 0.717) is 11.6 Å². The number of hydrogen-bond donors (Lipinski definition) is 1. The number of nitrogens with two attached hydrogens (primary N) is 1. The number of allylic oxidation sites excluding steroid dienone is 19. The van der Waals surface area contributed by atoms with Crippen LogP contribution in [0.2, 0.25) is 0 Å². The molecule has 1 heteroatoms. The topological polar surface area (TPSA) is 26.0 Å². The van der Waals surface area contributed by atoms with Crippen molar-refractivity contribution < 1.29 is 0 Å². The highest BCUT2D eigenvalue weighted by Gasteiger charge is 2.14. The molecule has 1 aromatic carbocycles. The van der Waals surface area contributed by atoms with E-state index in [1.165, 1.54) is 47.1 Å². The molecular weight excluding hydrogens is 470 g/mol. The van der Waals surface area contributed by atoms with Gasteiger partial charge in [0.15, 0.2) is 0 Å². The second kappa shape index (κ2) is 16.9. The zero-order valence-corrected chi connectivity index (χ0v) is 24.9. The van der Waals surface area contributed by atoms with Crippen LogP contribution in [0.3, 0.4) is 0 Å². The molecule has 0 aromatic heterocycles. The Morgan fingerprint density at radius 2 is 1.23 bits per heavy atom. The Hall–Kier alpha value is -3.84. The Bertz CT molecular complexity index is 1270. The fourth-order valence-corrected chi connectivity index (χ4v) is 4.30. The first kappa shape index (κ1) is 31.4. The minimum absolute atomic E-state index is 0.590. The SMILES string of the molecule is C=C(N)c1ccc(/C=C/C(C)=C/C=C/C(C)=C/C=C/C=C(C)/C=C/C=C(C)/C=C/C2=C(C)CCCC2C)cc1. The van der Waals surface area contributed by atoms with Crippen molar-refractivity contribution in [3.8, 4) is 0 Å². The summed E-state index contributed by atoms with van der Waals surface area (Å²) in [5.74, 6) is 0.680. The molecule has 1 unspecified atom stereocenters. The van der Waals surface area contributed by atoms with Crippen molar-refractivity contribution in [2.45, 2.75) is 60.8 Å². The Morgan fingerprint density at radius 1 is 0.744 bits per heavy atom. The largest absolute Gasteiger partial charge is 0.399 e. The van der Waals surface area contributed by atoms with Crippen LogP contribution in [0.15, 0.2) is 143 Å². The van der Waals surface area contributed by atoms with Crippen molar-refractivity contribution in [1.29, 1.82) is 0 Å². The van der Waals surface area contributed by atoms with Gasteiger partial charge in [0.2, 0.25) is 0 Å². The van der Waals surface area contributed by atoms with Gasteiger partial charge in [0.25, 0.3) is 0 Å². The van der Waals surface area contributed by atoms with Gasteiger partial charge in [0, 0.05) is 5.70 Å². The Balaban J connectivity index is 1.84. The van der Waals surface area contributed by atoms with Gasteiger partial charge < -0.3 is 5.73 Å². The van der Waals surface area contributed by atoms with E-state index in [1.807, 2.05) is 24.3 Å². The van der Waals surface area contributed by atoms with Gasteiger partial charge in [-0.3, -0.25) is 0 Å². The molecular formula is C38H47N. The molecule has 39 heavy (non-hydrogen) atoms. The third kappa shape index (κ3) is 12.5.